The van der Waals surface area contributed by atoms with E-state index in [0.717, 1.165) is 77.0 Å². The van der Waals surface area contributed by atoms with E-state index in [0.29, 0.717) is 19.3 Å². The standard InChI is InChI=1S/C63H116O12/c1-4-7-10-13-16-19-22-24-26-28-30-32-35-37-40-43-46-49-55(64)71-52-54(73-56(65)50-47-44-41-38-34-21-18-15-12-9-6-3)53-72-63-61(59(68)58(67)60(75-63)62(69)70)74-57(66)51-48-45-42-39-36-33-31-29-27-25-23-20-17-14-11-8-5-2/h15,18,54,58-61,63,67-68H,4-14,16-17,19-53H2,1-3H3,(H,69,70)/b18-15-. The second kappa shape index (κ2) is 52.2. The van der Waals surface area contributed by atoms with Gasteiger partial charge in [-0.2, -0.15) is 0 Å². The number of aliphatic hydroxyl groups is 2. The summed E-state index contributed by atoms with van der Waals surface area (Å²) in [6.45, 7) is 6.00. The summed E-state index contributed by atoms with van der Waals surface area (Å²) in [6, 6.07) is 0. The Kier molecular flexibility index (Phi) is 49.0. The molecule has 0 saturated carbocycles. The third kappa shape index (κ3) is 42.1. The van der Waals surface area contributed by atoms with E-state index in [1.165, 1.54) is 180 Å². The highest BCUT2D eigenvalue weighted by atomic mass is 16.7. The van der Waals surface area contributed by atoms with Crippen LogP contribution < -0.4 is 0 Å². The first-order valence-corrected chi connectivity index (χ1v) is 31.7. The van der Waals surface area contributed by atoms with Crippen LogP contribution in [0.2, 0.25) is 0 Å². The number of allylic oxidation sites excluding steroid dienone is 2. The molecule has 1 aliphatic rings. The Balaban J connectivity index is 2.61. The van der Waals surface area contributed by atoms with Crippen molar-refractivity contribution in [3.63, 3.8) is 0 Å². The number of esters is 3. The fourth-order valence-electron chi connectivity index (χ4n) is 9.94. The van der Waals surface area contributed by atoms with Crippen molar-refractivity contribution in [2.45, 2.75) is 353 Å². The van der Waals surface area contributed by atoms with Crippen LogP contribution >= 0.6 is 0 Å². The highest BCUT2D eigenvalue weighted by Crippen LogP contribution is 2.27. The van der Waals surface area contributed by atoms with Crippen molar-refractivity contribution in [1.29, 1.82) is 0 Å². The molecule has 0 amide bonds. The van der Waals surface area contributed by atoms with Crippen LogP contribution in [0.15, 0.2) is 12.2 Å². The third-order valence-electron chi connectivity index (χ3n) is 14.8. The number of aliphatic carboxylic acids is 1. The van der Waals surface area contributed by atoms with Crippen LogP contribution in [0.5, 0.6) is 0 Å². The van der Waals surface area contributed by atoms with Gasteiger partial charge in [0.1, 0.15) is 18.8 Å². The number of carbonyl (C=O) groups excluding carboxylic acids is 3. The van der Waals surface area contributed by atoms with E-state index in [2.05, 4.69) is 32.9 Å². The Bertz CT molecular complexity index is 1360. The summed E-state index contributed by atoms with van der Waals surface area (Å²) < 4.78 is 28.5. The minimum atomic E-state index is -1.90. The predicted octanol–water partition coefficient (Wildman–Crippen LogP) is 16.5. The topological polar surface area (TPSA) is 175 Å². The molecule has 0 aromatic heterocycles. The molecule has 0 aromatic carbocycles. The summed E-state index contributed by atoms with van der Waals surface area (Å²) in [6.07, 6.45) is 46.1. The second-order valence-electron chi connectivity index (χ2n) is 22.1. The highest BCUT2D eigenvalue weighted by molar-refractivity contribution is 5.74. The van der Waals surface area contributed by atoms with Crippen molar-refractivity contribution in [3.05, 3.63) is 12.2 Å². The van der Waals surface area contributed by atoms with Gasteiger partial charge >= 0.3 is 23.9 Å². The average molecular weight is 1070 g/mol. The molecule has 12 nitrogen and oxygen atoms in total. The quantitative estimate of drug-likeness (QED) is 0.0228. The summed E-state index contributed by atoms with van der Waals surface area (Å²) in [7, 11) is 0. The predicted molar refractivity (Wildman–Crippen MR) is 304 cm³/mol. The zero-order valence-electron chi connectivity index (χ0n) is 48.6. The van der Waals surface area contributed by atoms with Gasteiger partial charge in [0, 0.05) is 19.3 Å². The van der Waals surface area contributed by atoms with Gasteiger partial charge in [-0.1, -0.05) is 270 Å². The molecular weight excluding hydrogens is 949 g/mol. The lowest BCUT2D eigenvalue weighted by molar-refractivity contribution is -0.301. The number of carboxylic acids is 1. The Hall–Kier alpha value is -2.54. The van der Waals surface area contributed by atoms with Crippen LogP contribution in [0, 0.1) is 0 Å². The fourth-order valence-corrected chi connectivity index (χ4v) is 9.94. The molecule has 3 N–H and O–H groups in total. The smallest absolute Gasteiger partial charge is 0.335 e. The van der Waals surface area contributed by atoms with Crippen LogP contribution in [0.4, 0.5) is 0 Å². The molecule has 75 heavy (non-hydrogen) atoms. The van der Waals surface area contributed by atoms with Gasteiger partial charge in [-0.25, -0.2) is 4.79 Å². The molecule has 1 aliphatic heterocycles. The largest absolute Gasteiger partial charge is 0.479 e. The van der Waals surface area contributed by atoms with Gasteiger partial charge in [0.25, 0.3) is 0 Å². The van der Waals surface area contributed by atoms with E-state index in [4.69, 9.17) is 23.7 Å². The van der Waals surface area contributed by atoms with Crippen molar-refractivity contribution < 1.29 is 58.2 Å². The summed E-state index contributed by atoms with van der Waals surface area (Å²) in [4.78, 5) is 51.2. The lowest BCUT2D eigenvalue weighted by atomic mass is 9.98. The maximum absolute atomic E-state index is 13.1. The lowest BCUT2D eigenvalue weighted by Gasteiger charge is -2.40. The van der Waals surface area contributed by atoms with Gasteiger partial charge in [-0.05, 0) is 38.5 Å². The van der Waals surface area contributed by atoms with Crippen LogP contribution in [-0.4, -0.2) is 89.2 Å². The molecule has 1 saturated heterocycles. The molecule has 12 heteroatoms. The second-order valence-corrected chi connectivity index (χ2v) is 22.1. The first-order valence-electron chi connectivity index (χ1n) is 31.7. The molecule has 0 radical (unpaired) electrons. The molecule has 1 fully saturated rings. The Morgan fingerprint density at radius 1 is 0.427 bits per heavy atom. The highest BCUT2D eigenvalue weighted by Gasteiger charge is 2.50. The van der Waals surface area contributed by atoms with E-state index in [-0.39, 0.29) is 25.9 Å². The van der Waals surface area contributed by atoms with Gasteiger partial charge in [-0.3, -0.25) is 14.4 Å². The van der Waals surface area contributed by atoms with Crippen LogP contribution in [0.3, 0.4) is 0 Å². The maximum atomic E-state index is 13.1. The molecule has 6 atom stereocenters. The monoisotopic (exact) mass is 1060 g/mol. The number of hydrogen-bond donors (Lipinski definition) is 3. The summed E-state index contributed by atoms with van der Waals surface area (Å²) in [5.74, 6) is -3.09. The first-order chi connectivity index (χ1) is 36.6. The normalized spacial score (nSPS) is 18.1. The first kappa shape index (κ1) is 70.5. The molecule has 0 aliphatic carbocycles. The summed E-state index contributed by atoms with van der Waals surface area (Å²) >= 11 is 0. The van der Waals surface area contributed by atoms with Crippen LogP contribution in [0.25, 0.3) is 0 Å². The SMILES string of the molecule is CCCC/C=C\CCCCCCCC(=O)OC(COC(=O)CCCCCCCCCCCCCCCCCCC)COC1OC(C(=O)O)C(O)C(O)C1OC(=O)CCCCCCCCCCCCCCCCCCC. The Morgan fingerprint density at radius 3 is 1.17 bits per heavy atom. The van der Waals surface area contributed by atoms with Crippen molar-refractivity contribution in [2.75, 3.05) is 13.2 Å². The number of hydrogen-bond acceptors (Lipinski definition) is 11. The van der Waals surface area contributed by atoms with Crippen LogP contribution in [0.1, 0.15) is 316 Å². The van der Waals surface area contributed by atoms with Gasteiger partial charge in [0.15, 0.2) is 24.6 Å². The Morgan fingerprint density at radius 2 is 0.773 bits per heavy atom. The molecule has 440 valence electrons. The fraction of sp³-hybridized carbons (Fsp3) is 0.905. The van der Waals surface area contributed by atoms with E-state index in [1.54, 1.807) is 0 Å². The number of carbonyl (C=O) groups is 4. The number of unbranched alkanes of at least 4 members (excludes halogenated alkanes) is 39. The molecular formula is C63H116O12. The van der Waals surface area contributed by atoms with E-state index in [1.807, 2.05) is 0 Å². The molecule has 6 unspecified atom stereocenters. The molecule has 0 aromatic rings. The Labute approximate surface area is 458 Å². The minimum Gasteiger partial charge on any atom is -0.479 e. The summed E-state index contributed by atoms with van der Waals surface area (Å²) in [5, 5.41) is 31.5. The zero-order chi connectivity index (χ0) is 54.7. The average Bonchev–Trinajstić information content (AvgIpc) is 3.39. The van der Waals surface area contributed by atoms with Gasteiger partial charge in [0.2, 0.25) is 0 Å². The molecule has 1 heterocycles. The number of ether oxygens (including phenoxy) is 5. The van der Waals surface area contributed by atoms with E-state index >= 15 is 0 Å². The van der Waals surface area contributed by atoms with Gasteiger partial charge in [0.05, 0.1) is 6.61 Å². The number of aliphatic hydroxyl groups excluding tert-OH is 2. The van der Waals surface area contributed by atoms with Gasteiger partial charge in [-0.15, -0.1) is 0 Å². The lowest BCUT2D eigenvalue weighted by Crippen LogP contribution is -2.61. The van der Waals surface area contributed by atoms with Gasteiger partial charge < -0.3 is 39.0 Å². The van der Waals surface area contributed by atoms with Crippen LogP contribution in [-0.2, 0) is 42.9 Å². The van der Waals surface area contributed by atoms with Crippen molar-refractivity contribution >= 4 is 23.9 Å². The zero-order valence-corrected chi connectivity index (χ0v) is 48.6. The number of carboxylic acid groups (broad SMARTS) is 1. The minimum absolute atomic E-state index is 0.0682. The van der Waals surface area contributed by atoms with E-state index in [9.17, 15) is 34.5 Å². The molecule has 1 rings (SSSR count). The molecule has 0 spiro atoms. The summed E-state index contributed by atoms with van der Waals surface area (Å²) in [5.41, 5.74) is 0. The van der Waals surface area contributed by atoms with Crippen molar-refractivity contribution in [1.82, 2.24) is 0 Å². The molecule has 0 bridgehead atoms. The van der Waals surface area contributed by atoms with Crippen molar-refractivity contribution in [2.24, 2.45) is 0 Å². The third-order valence-corrected chi connectivity index (χ3v) is 14.8. The maximum Gasteiger partial charge on any atom is 0.335 e. The van der Waals surface area contributed by atoms with Crippen molar-refractivity contribution in [3.8, 4) is 0 Å². The van der Waals surface area contributed by atoms with E-state index < -0.39 is 67.3 Å². The number of rotatable bonds is 55.